The fourth-order valence-corrected chi connectivity index (χ4v) is 2.70. The molecule has 1 N–H and O–H groups in total. The van der Waals surface area contributed by atoms with Gasteiger partial charge in [-0.05, 0) is 42.2 Å². The number of aromatic nitrogens is 2. The lowest BCUT2D eigenvalue weighted by Crippen LogP contribution is -2.16. The van der Waals surface area contributed by atoms with E-state index in [1.54, 1.807) is 6.07 Å². The van der Waals surface area contributed by atoms with E-state index in [0.717, 1.165) is 0 Å². The van der Waals surface area contributed by atoms with Crippen molar-refractivity contribution < 1.29 is 9.18 Å². The van der Waals surface area contributed by atoms with Gasteiger partial charge in [-0.25, -0.2) is 9.37 Å². The number of fused-ring (bicyclic) bond motifs is 1. The largest absolute Gasteiger partial charge is 0.321 e. The lowest BCUT2D eigenvalue weighted by atomic mass is 10.0. The number of hydrogen-bond donors (Lipinski definition) is 1. The van der Waals surface area contributed by atoms with Gasteiger partial charge >= 0.3 is 0 Å². The molecule has 1 amide bonds. The van der Waals surface area contributed by atoms with Crippen LogP contribution in [0.15, 0.2) is 42.6 Å². The standard InChI is InChI=1S/C19H20FN3O/c1-4-16-18(23-11-14(20)7-10-17(23)22-16)19(24)21-15-8-5-13(6-9-15)12(2)3/h5-12H,4H2,1-3H3,(H,21,24). The van der Waals surface area contributed by atoms with Gasteiger partial charge in [0.1, 0.15) is 17.2 Å². The third kappa shape index (κ3) is 3.02. The van der Waals surface area contributed by atoms with Crippen LogP contribution in [0.2, 0.25) is 0 Å². The van der Waals surface area contributed by atoms with E-state index in [-0.39, 0.29) is 5.91 Å². The summed E-state index contributed by atoms with van der Waals surface area (Å²) in [7, 11) is 0. The van der Waals surface area contributed by atoms with Crippen molar-refractivity contribution in [3.05, 3.63) is 65.4 Å². The van der Waals surface area contributed by atoms with Crippen LogP contribution in [0, 0.1) is 5.82 Å². The molecule has 5 heteroatoms. The van der Waals surface area contributed by atoms with Gasteiger partial charge in [0.25, 0.3) is 5.91 Å². The average molecular weight is 325 g/mol. The summed E-state index contributed by atoms with van der Waals surface area (Å²) in [6, 6.07) is 10.7. The fraction of sp³-hybridized carbons (Fsp3) is 0.263. The minimum Gasteiger partial charge on any atom is -0.321 e. The van der Waals surface area contributed by atoms with Gasteiger partial charge in [-0.3, -0.25) is 9.20 Å². The van der Waals surface area contributed by atoms with Crippen LogP contribution in [-0.2, 0) is 6.42 Å². The number of hydrogen-bond acceptors (Lipinski definition) is 2. The third-order valence-electron chi connectivity index (χ3n) is 4.04. The molecule has 0 aliphatic rings. The Balaban J connectivity index is 1.94. The predicted molar refractivity (Wildman–Crippen MR) is 93.0 cm³/mol. The zero-order valence-electron chi connectivity index (χ0n) is 14.0. The maximum Gasteiger partial charge on any atom is 0.274 e. The summed E-state index contributed by atoms with van der Waals surface area (Å²) in [4.78, 5) is 17.1. The Hall–Kier alpha value is -2.69. The number of aryl methyl sites for hydroxylation is 1. The number of nitrogens with zero attached hydrogens (tertiary/aromatic N) is 2. The van der Waals surface area contributed by atoms with E-state index in [0.29, 0.717) is 35.1 Å². The monoisotopic (exact) mass is 325 g/mol. The van der Waals surface area contributed by atoms with Crippen LogP contribution in [0.25, 0.3) is 5.65 Å². The van der Waals surface area contributed by atoms with Crippen molar-refractivity contribution in [3.63, 3.8) is 0 Å². The smallest absolute Gasteiger partial charge is 0.274 e. The van der Waals surface area contributed by atoms with Crippen LogP contribution in [0.3, 0.4) is 0 Å². The minimum atomic E-state index is -0.405. The van der Waals surface area contributed by atoms with Crippen LogP contribution in [0.5, 0.6) is 0 Å². The van der Waals surface area contributed by atoms with E-state index in [9.17, 15) is 9.18 Å². The Bertz CT molecular complexity index is 882. The molecule has 0 unspecified atom stereocenters. The van der Waals surface area contributed by atoms with Gasteiger partial charge < -0.3 is 5.32 Å². The van der Waals surface area contributed by atoms with Crippen LogP contribution < -0.4 is 5.32 Å². The van der Waals surface area contributed by atoms with Gasteiger partial charge in [-0.1, -0.05) is 32.9 Å². The fourth-order valence-electron chi connectivity index (χ4n) is 2.70. The van der Waals surface area contributed by atoms with Gasteiger partial charge in [0.15, 0.2) is 0 Å². The normalized spacial score (nSPS) is 11.2. The van der Waals surface area contributed by atoms with Crippen molar-refractivity contribution in [2.24, 2.45) is 0 Å². The summed E-state index contributed by atoms with van der Waals surface area (Å²) in [5.74, 6) is -0.261. The molecule has 24 heavy (non-hydrogen) atoms. The van der Waals surface area contributed by atoms with Crippen molar-refractivity contribution in [2.45, 2.75) is 33.1 Å². The summed E-state index contributed by atoms with van der Waals surface area (Å²) in [6.45, 7) is 6.16. The zero-order valence-corrected chi connectivity index (χ0v) is 14.0. The molecule has 3 rings (SSSR count). The van der Waals surface area contributed by atoms with Gasteiger partial charge in [0, 0.05) is 11.9 Å². The molecule has 0 fully saturated rings. The molecule has 0 saturated heterocycles. The molecule has 0 aliphatic heterocycles. The Morgan fingerprint density at radius 2 is 1.92 bits per heavy atom. The number of nitrogens with one attached hydrogen (secondary N) is 1. The molecule has 1 aromatic carbocycles. The minimum absolute atomic E-state index is 0.290. The number of carbonyl (C=O) groups is 1. The zero-order chi connectivity index (χ0) is 17.3. The molecule has 0 bridgehead atoms. The Morgan fingerprint density at radius 1 is 1.21 bits per heavy atom. The highest BCUT2D eigenvalue weighted by Crippen LogP contribution is 2.19. The van der Waals surface area contributed by atoms with E-state index in [4.69, 9.17) is 0 Å². The van der Waals surface area contributed by atoms with Crippen LogP contribution >= 0.6 is 0 Å². The van der Waals surface area contributed by atoms with E-state index in [1.165, 1.54) is 22.2 Å². The first-order chi connectivity index (χ1) is 11.5. The summed E-state index contributed by atoms with van der Waals surface area (Å²) in [6.07, 6.45) is 1.89. The number of rotatable bonds is 4. The number of pyridine rings is 1. The van der Waals surface area contributed by atoms with Crippen molar-refractivity contribution in [1.29, 1.82) is 0 Å². The van der Waals surface area contributed by atoms with Gasteiger partial charge in [-0.15, -0.1) is 0 Å². The Labute approximate surface area is 140 Å². The molecule has 4 nitrogen and oxygen atoms in total. The number of benzene rings is 1. The highest BCUT2D eigenvalue weighted by molar-refractivity contribution is 6.04. The molecule has 0 atom stereocenters. The van der Waals surface area contributed by atoms with Gasteiger partial charge in [0.05, 0.1) is 5.69 Å². The van der Waals surface area contributed by atoms with Crippen LogP contribution in [0.4, 0.5) is 10.1 Å². The number of imidazole rings is 1. The first-order valence-corrected chi connectivity index (χ1v) is 8.07. The maximum atomic E-state index is 13.6. The van der Waals surface area contributed by atoms with Crippen molar-refractivity contribution >= 4 is 17.2 Å². The molecular weight excluding hydrogens is 305 g/mol. The quantitative estimate of drug-likeness (QED) is 0.772. The van der Waals surface area contributed by atoms with E-state index in [1.807, 2.05) is 31.2 Å². The molecule has 0 saturated carbocycles. The lowest BCUT2D eigenvalue weighted by Gasteiger charge is -2.09. The summed E-state index contributed by atoms with van der Waals surface area (Å²) in [5.41, 5.74) is 3.50. The molecular formula is C19H20FN3O. The number of carbonyl (C=O) groups excluding carboxylic acids is 1. The molecule has 2 heterocycles. The molecule has 2 aromatic heterocycles. The average Bonchev–Trinajstić information content (AvgIpc) is 2.93. The first-order valence-electron chi connectivity index (χ1n) is 8.07. The van der Waals surface area contributed by atoms with Crippen molar-refractivity contribution in [2.75, 3.05) is 5.32 Å². The molecule has 3 aromatic rings. The highest BCUT2D eigenvalue weighted by atomic mass is 19.1. The van der Waals surface area contributed by atoms with Crippen molar-refractivity contribution in [3.8, 4) is 0 Å². The SMILES string of the molecule is CCc1nc2ccc(F)cn2c1C(=O)Nc1ccc(C(C)C)cc1. The van der Waals surface area contributed by atoms with Gasteiger partial charge in [-0.2, -0.15) is 0 Å². The number of amides is 1. The Kier molecular flexibility index (Phi) is 4.34. The highest BCUT2D eigenvalue weighted by Gasteiger charge is 2.18. The third-order valence-corrected chi connectivity index (χ3v) is 4.04. The number of anilines is 1. The molecule has 0 aliphatic carbocycles. The second-order valence-corrected chi connectivity index (χ2v) is 6.07. The van der Waals surface area contributed by atoms with Crippen LogP contribution in [-0.4, -0.2) is 15.3 Å². The topological polar surface area (TPSA) is 46.4 Å². The summed E-state index contributed by atoms with van der Waals surface area (Å²) < 4.78 is 15.1. The number of halogens is 1. The van der Waals surface area contributed by atoms with Crippen molar-refractivity contribution in [1.82, 2.24) is 9.38 Å². The van der Waals surface area contributed by atoms with E-state index < -0.39 is 5.82 Å². The summed E-state index contributed by atoms with van der Waals surface area (Å²) in [5, 5.41) is 2.87. The summed E-state index contributed by atoms with van der Waals surface area (Å²) >= 11 is 0. The molecule has 124 valence electrons. The second-order valence-electron chi connectivity index (χ2n) is 6.07. The second kappa shape index (κ2) is 6.43. The maximum absolute atomic E-state index is 13.6. The van der Waals surface area contributed by atoms with E-state index in [2.05, 4.69) is 24.1 Å². The lowest BCUT2D eigenvalue weighted by molar-refractivity contribution is 0.102. The Morgan fingerprint density at radius 3 is 2.54 bits per heavy atom. The molecule has 0 radical (unpaired) electrons. The predicted octanol–water partition coefficient (Wildman–Crippen LogP) is 4.41. The van der Waals surface area contributed by atoms with Crippen LogP contribution in [0.1, 0.15) is 48.4 Å². The molecule has 0 spiro atoms. The van der Waals surface area contributed by atoms with E-state index >= 15 is 0 Å². The first kappa shape index (κ1) is 16.2. The van der Waals surface area contributed by atoms with Gasteiger partial charge in [0.2, 0.25) is 0 Å².